The van der Waals surface area contributed by atoms with E-state index in [9.17, 15) is 9.59 Å². The van der Waals surface area contributed by atoms with E-state index in [0.29, 0.717) is 6.54 Å². The zero-order valence-corrected chi connectivity index (χ0v) is 15.1. The summed E-state index contributed by atoms with van der Waals surface area (Å²) < 4.78 is 10.8. The Hall–Kier alpha value is -2.24. The van der Waals surface area contributed by atoms with Gasteiger partial charge in [-0.05, 0) is 45.6 Å². The van der Waals surface area contributed by atoms with E-state index < -0.39 is 11.7 Å². The van der Waals surface area contributed by atoms with E-state index in [1.807, 2.05) is 51.1 Å². The van der Waals surface area contributed by atoms with Gasteiger partial charge in [-0.1, -0.05) is 30.3 Å². The Balaban J connectivity index is 1.54. The Morgan fingerprint density at radius 2 is 1.92 bits per heavy atom. The number of alkyl carbamates (subject to hydrolysis) is 1. The lowest BCUT2D eigenvalue weighted by Crippen LogP contribution is -2.50. The van der Waals surface area contributed by atoms with Crippen LogP contribution >= 0.6 is 0 Å². The minimum Gasteiger partial charge on any atom is -0.445 e. The van der Waals surface area contributed by atoms with E-state index in [-0.39, 0.29) is 24.3 Å². The summed E-state index contributed by atoms with van der Waals surface area (Å²) in [6, 6.07) is 9.48. The first-order valence-corrected chi connectivity index (χ1v) is 8.78. The maximum Gasteiger partial charge on any atom is 0.410 e. The van der Waals surface area contributed by atoms with Crippen LogP contribution in [-0.2, 0) is 16.1 Å². The topological polar surface area (TPSA) is 67.9 Å². The van der Waals surface area contributed by atoms with Crippen molar-refractivity contribution in [3.8, 4) is 0 Å². The van der Waals surface area contributed by atoms with Gasteiger partial charge in [-0.3, -0.25) is 0 Å². The molecule has 1 aromatic carbocycles. The summed E-state index contributed by atoms with van der Waals surface area (Å²) in [5.41, 5.74) is 0.127. The first-order valence-electron chi connectivity index (χ1n) is 8.78. The number of carbonyl (C=O) groups is 2. The highest BCUT2D eigenvalue weighted by atomic mass is 16.6. The van der Waals surface area contributed by atoms with Crippen LogP contribution in [0.1, 0.15) is 45.6 Å². The van der Waals surface area contributed by atoms with E-state index in [2.05, 4.69) is 5.32 Å². The molecular formula is C19H26N2O4. The third-order valence-electron chi connectivity index (χ3n) is 4.71. The summed E-state index contributed by atoms with van der Waals surface area (Å²) in [5.74, 6) is 0. The van der Waals surface area contributed by atoms with Gasteiger partial charge in [0.15, 0.2) is 0 Å². The summed E-state index contributed by atoms with van der Waals surface area (Å²) in [5, 5.41) is 2.94. The molecule has 136 valence electrons. The molecule has 0 aromatic heterocycles. The minimum atomic E-state index is -0.521. The molecule has 1 atom stereocenters. The van der Waals surface area contributed by atoms with Crippen molar-refractivity contribution >= 4 is 12.2 Å². The monoisotopic (exact) mass is 346 g/mol. The molecule has 2 fully saturated rings. The van der Waals surface area contributed by atoms with Gasteiger partial charge in [0, 0.05) is 6.54 Å². The number of nitrogens with one attached hydrogen (secondary N) is 1. The number of hydrogen-bond acceptors (Lipinski definition) is 4. The van der Waals surface area contributed by atoms with Crippen molar-refractivity contribution in [1.29, 1.82) is 0 Å². The summed E-state index contributed by atoms with van der Waals surface area (Å²) in [7, 11) is 0. The van der Waals surface area contributed by atoms with Gasteiger partial charge in [-0.15, -0.1) is 0 Å². The lowest BCUT2D eigenvalue weighted by atomic mass is 10.1. The Bertz CT molecular complexity index is 635. The molecular weight excluding hydrogens is 320 g/mol. The van der Waals surface area contributed by atoms with Gasteiger partial charge in [-0.25, -0.2) is 9.59 Å². The maximum atomic E-state index is 12.4. The van der Waals surface area contributed by atoms with E-state index in [1.165, 1.54) is 0 Å². The van der Waals surface area contributed by atoms with Crippen LogP contribution in [-0.4, -0.2) is 40.8 Å². The number of ether oxygens (including phenoxy) is 2. The van der Waals surface area contributed by atoms with Crippen LogP contribution in [0.5, 0.6) is 0 Å². The van der Waals surface area contributed by atoms with Crippen LogP contribution < -0.4 is 5.32 Å². The smallest absolute Gasteiger partial charge is 0.410 e. The SMILES string of the molecule is CC(C)(C)OC(=O)N1CCC(NC(=O)OCc2ccccc2)C12CC2. The van der Waals surface area contributed by atoms with Crippen LogP contribution in [0.4, 0.5) is 9.59 Å². The lowest BCUT2D eigenvalue weighted by molar-refractivity contribution is 0.0187. The highest BCUT2D eigenvalue weighted by Gasteiger charge is 2.60. The zero-order valence-electron chi connectivity index (χ0n) is 15.1. The van der Waals surface area contributed by atoms with Crippen LogP contribution in [0.3, 0.4) is 0 Å². The molecule has 6 nitrogen and oxygen atoms in total. The fourth-order valence-electron chi connectivity index (χ4n) is 3.39. The molecule has 1 aliphatic heterocycles. The number of amides is 2. The predicted molar refractivity (Wildman–Crippen MR) is 93.1 cm³/mol. The van der Waals surface area contributed by atoms with Gasteiger partial charge < -0.3 is 19.7 Å². The molecule has 0 bridgehead atoms. The van der Waals surface area contributed by atoms with Crippen LogP contribution in [0.2, 0.25) is 0 Å². The first-order chi connectivity index (χ1) is 11.8. The first kappa shape index (κ1) is 17.6. The molecule has 1 saturated carbocycles. The van der Waals surface area contributed by atoms with E-state index in [0.717, 1.165) is 24.8 Å². The van der Waals surface area contributed by atoms with Crippen molar-refractivity contribution in [3.63, 3.8) is 0 Å². The molecule has 2 amide bonds. The Labute approximate surface area is 148 Å². The van der Waals surface area contributed by atoms with Crippen molar-refractivity contribution in [2.75, 3.05) is 6.54 Å². The lowest BCUT2D eigenvalue weighted by Gasteiger charge is -2.30. The summed E-state index contributed by atoms with van der Waals surface area (Å²) >= 11 is 0. The fraction of sp³-hybridized carbons (Fsp3) is 0.579. The van der Waals surface area contributed by atoms with Gasteiger partial charge in [0.2, 0.25) is 0 Å². The van der Waals surface area contributed by atoms with Crippen molar-refractivity contribution in [3.05, 3.63) is 35.9 Å². The van der Waals surface area contributed by atoms with Gasteiger partial charge in [0.1, 0.15) is 12.2 Å². The van der Waals surface area contributed by atoms with Gasteiger partial charge >= 0.3 is 12.2 Å². The van der Waals surface area contributed by atoms with Crippen LogP contribution in [0.15, 0.2) is 30.3 Å². The molecule has 25 heavy (non-hydrogen) atoms. The standard InChI is InChI=1S/C19H26N2O4/c1-18(2,3)25-17(23)21-12-9-15(19(21)10-11-19)20-16(22)24-13-14-7-5-4-6-8-14/h4-8,15H,9-13H2,1-3H3,(H,20,22). The molecule has 1 spiro atoms. The van der Waals surface area contributed by atoms with E-state index >= 15 is 0 Å². The summed E-state index contributed by atoms with van der Waals surface area (Å²) in [4.78, 5) is 26.3. The van der Waals surface area contributed by atoms with Crippen molar-refractivity contribution in [2.24, 2.45) is 0 Å². The van der Waals surface area contributed by atoms with Gasteiger partial charge in [-0.2, -0.15) is 0 Å². The fourth-order valence-corrected chi connectivity index (χ4v) is 3.39. The average molecular weight is 346 g/mol. The molecule has 1 N–H and O–H groups in total. The number of carbonyl (C=O) groups excluding carboxylic acids is 2. The van der Waals surface area contributed by atoms with Crippen molar-refractivity contribution in [2.45, 2.75) is 63.8 Å². The van der Waals surface area contributed by atoms with Gasteiger partial charge in [0.05, 0.1) is 11.6 Å². The summed E-state index contributed by atoms with van der Waals surface area (Å²) in [6.45, 7) is 6.41. The third-order valence-corrected chi connectivity index (χ3v) is 4.71. The largest absolute Gasteiger partial charge is 0.445 e. The second kappa shape index (κ2) is 6.58. The molecule has 1 heterocycles. The second-order valence-electron chi connectivity index (χ2n) is 7.78. The van der Waals surface area contributed by atoms with Crippen LogP contribution in [0, 0.1) is 0 Å². The highest BCUT2D eigenvalue weighted by molar-refractivity contribution is 5.72. The van der Waals surface area contributed by atoms with E-state index in [1.54, 1.807) is 4.90 Å². The normalized spacial score (nSPS) is 21.1. The highest BCUT2D eigenvalue weighted by Crippen LogP contribution is 2.50. The molecule has 1 saturated heterocycles. The number of benzene rings is 1. The Morgan fingerprint density at radius 3 is 2.52 bits per heavy atom. The van der Waals surface area contributed by atoms with Crippen molar-refractivity contribution < 1.29 is 19.1 Å². The molecule has 0 radical (unpaired) electrons. The maximum absolute atomic E-state index is 12.4. The Morgan fingerprint density at radius 1 is 1.24 bits per heavy atom. The summed E-state index contributed by atoms with van der Waals surface area (Å²) in [6.07, 6.45) is 1.75. The molecule has 1 aromatic rings. The molecule has 1 unspecified atom stereocenters. The Kier molecular flexibility index (Phi) is 4.62. The van der Waals surface area contributed by atoms with Crippen LogP contribution in [0.25, 0.3) is 0 Å². The zero-order chi connectivity index (χ0) is 18.1. The number of likely N-dealkylation sites (tertiary alicyclic amines) is 1. The predicted octanol–water partition coefficient (Wildman–Crippen LogP) is 3.45. The average Bonchev–Trinajstić information content (AvgIpc) is 3.24. The number of nitrogens with zero attached hydrogens (tertiary/aromatic N) is 1. The van der Waals surface area contributed by atoms with E-state index in [4.69, 9.17) is 9.47 Å². The number of rotatable bonds is 3. The van der Waals surface area contributed by atoms with Gasteiger partial charge in [0.25, 0.3) is 0 Å². The molecule has 1 aliphatic carbocycles. The number of hydrogen-bond donors (Lipinski definition) is 1. The minimum absolute atomic E-state index is 0.0803. The molecule has 2 aliphatic rings. The van der Waals surface area contributed by atoms with Crippen molar-refractivity contribution in [1.82, 2.24) is 10.2 Å². The third kappa shape index (κ3) is 4.06. The molecule has 6 heteroatoms. The molecule has 3 rings (SSSR count). The quantitative estimate of drug-likeness (QED) is 0.910. The second-order valence-corrected chi connectivity index (χ2v) is 7.78.